The van der Waals surface area contributed by atoms with Crippen LogP contribution in [0.2, 0.25) is 0 Å². The maximum absolute atomic E-state index is 13.5. The van der Waals surface area contributed by atoms with E-state index in [4.69, 9.17) is 4.42 Å². The van der Waals surface area contributed by atoms with Gasteiger partial charge in [0.05, 0.1) is 22.6 Å². The first-order valence-corrected chi connectivity index (χ1v) is 13.8. The number of rotatable bonds is 8. The van der Waals surface area contributed by atoms with E-state index < -0.39 is 20.0 Å². The van der Waals surface area contributed by atoms with Gasteiger partial charge in [-0.15, -0.1) is 0 Å². The van der Waals surface area contributed by atoms with Gasteiger partial charge < -0.3 is 4.42 Å². The molecule has 0 bridgehead atoms. The minimum atomic E-state index is -3.91. The average Bonchev–Trinajstić information content (AvgIpc) is 3.33. The van der Waals surface area contributed by atoms with Crippen molar-refractivity contribution in [2.75, 3.05) is 6.54 Å². The van der Waals surface area contributed by atoms with E-state index in [1.807, 2.05) is 37.3 Å². The van der Waals surface area contributed by atoms with Crippen molar-refractivity contribution >= 4 is 20.0 Å². The summed E-state index contributed by atoms with van der Waals surface area (Å²) in [6.45, 7) is 2.62. The van der Waals surface area contributed by atoms with Crippen LogP contribution in [-0.4, -0.2) is 38.0 Å². The summed E-state index contributed by atoms with van der Waals surface area (Å²) in [7, 11) is -7.58. The van der Waals surface area contributed by atoms with Crippen molar-refractivity contribution in [3.8, 4) is 0 Å². The van der Waals surface area contributed by atoms with Crippen molar-refractivity contribution < 1.29 is 21.3 Å². The van der Waals surface area contributed by atoms with Crippen LogP contribution in [0.5, 0.6) is 0 Å². The van der Waals surface area contributed by atoms with Crippen molar-refractivity contribution in [1.82, 2.24) is 8.61 Å². The van der Waals surface area contributed by atoms with Gasteiger partial charge in [0, 0.05) is 19.1 Å². The molecular formula is C24H28N2O5S2. The second kappa shape index (κ2) is 9.80. The molecule has 0 saturated carbocycles. The predicted molar refractivity (Wildman–Crippen MR) is 125 cm³/mol. The molecule has 0 spiro atoms. The van der Waals surface area contributed by atoms with Gasteiger partial charge in [0.2, 0.25) is 20.0 Å². The Kier molecular flexibility index (Phi) is 7.04. The van der Waals surface area contributed by atoms with Crippen molar-refractivity contribution in [2.24, 2.45) is 0 Å². The molecule has 1 fully saturated rings. The number of nitrogens with zero attached hydrogens (tertiary/aromatic N) is 2. The highest BCUT2D eigenvalue weighted by Crippen LogP contribution is 2.27. The zero-order chi connectivity index (χ0) is 23.5. The molecule has 3 aromatic rings. The number of hydrogen-bond acceptors (Lipinski definition) is 5. The minimum Gasteiger partial charge on any atom is -0.468 e. The number of sulfonamides is 2. The fraction of sp³-hybridized carbons (Fsp3) is 0.333. The Labute approximate surface area is 195 Å². The molecule has 4 rings (SSSR count). The van der Waals surface area contributed by atoms with Gasteiger partial charge in [0.25, 0.3) is 0 Å². The van der Waals surface area contributed by atoms with E-state index in [1.165, 1.54) is 39.1 Å². The third kappa shape index (κ3) is 5.22. The van der Waals surface area contributed by atoms with Gasteiger partial charge in [-0.25, -0.2) is 16.8 Å². The maximum atomic E-state index is 13.5. The van der Waals surface area contributed by atoms with E-state index >= 15 is 0 Å². The van der Waals surface area contributed by atoms with E-state index in [2.05, 4.69) is 0 Å². The summed E-state index contributed by atoms with van der Waals surface area (Å²) in [5.74, 6) is 0.521. The maximum Gasteiger partial charge on any atom is 0.243 e. The summed E-state index contributed by atoms with van der Waals surface area (Å²) in [4.78, 5) is 0.145. The lowest BCUT2D eigenvalue weighted by Gasteiger charge is -2.32. The Morgan fingerprint density at radius 2 is 1.58 bits per heavy atom. The fourth-order valence-electron chi connectivity index (χ4n) is 4.09. The first kappa shape index (κ1) is 23.7. The SMILES string of the molecule is C[C@@H]1CCCCN1S(=O)(=O)c1ccc(S(=O)(=O)N(Cc2ccccc2)Cc2ccco2)cc1. The topological polar surface area (TPSA) is 87.9 Å². The third-order valence-corrected chi connectivity index (χ3v) is 9.76. The van der Waals surface area contributed by atoms with Gasteiger partial charge in [-0.05, 0) is 61.7 Å². The standard InChI is InChI=1S/C24H28N2O5S2/c1-20-8-5-6-16-26(20)33(29,30)24-14-12-23(13-15-24)32(27,28)25(19-22-11-7-17-31-22)18-21-9-3-2-4-10-21/h2-4,7,9-15,17,20H,5-6,8,16,18-19H2,1H3/t20-/m1/s1. The van der Waals surface area contributed by atoms with Gasteiger partial charge in [-0.1, -0.05) is 36.8 Å². The zero-order valence-corrected chi connectivity index (χ0v) is 20.1. The number of piperidine rings is 1. The van der Waals surface area contributed by atoms with Crippen molar-refractivity contribution in [2.45, 2.75) is 55.1 Å². The summed E-state index contributed by atoms with van der Waals surface area (Å²) in [6.07, 6.45) is 4.17. The summed E-state index contributed by atoms with van der Waals surface area (Å²) < 4.78 is 61.4. The van der Waals surface area contributed by atoms with E-state index in [9.17, 15) is 16.8 Å². The quantitative estimate of drug-likeness (QED) is 0.473. The van der Waals surface area contributed by atoms with E-state index in [0.717, 1.165) is 24.8 Å². The zero-order valence-electron chi connectivity index (χ0n) is 18.5. The van der Waals surface area contributed by atoms with Gasteiger partial charge in [0.1, 0.15) is 5.76 Å². The summed E-state index contributed by atoms with van der Waals surface area (Å²) in [6, 6.07) is 18.2. The third-order valence-electron chi connectivity index (χ3n) is 5.92. The van der Waals surface area contributed by atoms with Gasteiger partial charge in [-0.2, -0.15) is 8.61 Å². The Morgan fingerprint density at radius 1 is 0.879 bits per heavy atom. The average molecular weight is 489 g/mol. The molecule has 1 saturated heterocycles. The molecule has 7 nitrogen and oxygen atoms in total. The molecule has 1 aliphatic rings. The Hall–Kier alpha value is -2.46. The molecule has 176 valence electrons. The summed E-state index contributed by atoms with van der Waals surface area (Å²) in [5.41, 5.74) is 0.839. The van der Waals surface area contributed by atoms with Gasteiger partial charge in [0.15, 0.2) is 0 Å². The Morgan fingerprint density at radius 3 is 2.21 bits per heavy atom. The number of benzene rings is 2. The van der Waals surface area contributed by atoms with Crippen LogP contribution in [-0.2, 0) is 33.1 Å². The molecule has 0 aliphatic carbocycles. The molecule has 0 N–H and O–H groups in total. The molecule has 33 heavy (non-hydrogen) atoms. The molecule has 0 radical (unpaired) electrons. The lowest BCUT2D eigenvalue weighted by Crippen LogP contribution is -2.41. The summed E-state index contributed by atoms with van der Waals surface area (Å²) in [5, 5.41) is 0. The minimum absolute atomic E-state index is 0.0376. The van der Waals surface area contributed by atoms with Crippen LogP contribution in [0.3, 0.4) is 0 Å². The lowest BCUT2D eigenvalue weighted by atomic mass is 10.1. The molecule has 1 aromatic heterocycles. The van der Waals surface area contributed by atoms with Crippen LogP contribution in [0.4, 0.5) is 0 Å². The highest BCUT2D eigenvalue weighted by Gasteiger charge is 2.32. The molecule has 9 heteroatoms. The van der Waals surface area contributed by atoms with Crippen LogP contribution in [0.15, 0.2) is 87.2 Å². The smallest absolute Gasteiger partial charge is 0.243 e. The molecule has 0 amide bonds. The number of hydrogen-bond donors (Lipinski definition) is 0. The van der Waals surface area contributed by atoms with Gasteiger partial charge in [-0.3, -0.25) is 0 Å². The predicted octanol–water partition coefficient (Wildman–Crippen LogP) is 4.23. The van der Waals surface area contributed by atoms with Gasteiger partial charge >= 0.3 is 0 Å². The normalized spacial score (nSPS) is 17.9. The second-order valence-corrected chi connectivity index (χ2v) is 12.1. The highest BCUT2D eigenvalue weighted by atomic mass is 32.2. The Balaban J connectivity index is 1.62. The monoisotopic (exact) mass is 488 g/mol. The molecule has 1 atom stereocenters. The lowest BCUT2D eigenvalue weighted by molar-refractivity contribution is 0.268. The molecule has 0 unspecified atom stereocenters. The van der Waals surface area contributed by atoms with E-state index in [0.29, 0.717) is 12.3 Å². The van der Waals surface area contributed by atoms with Crippen LogP contribution in [0, 0.1) is 0 Å². The van der Waals surface area contributed by atoms with Crippen molar-refractivity contribution in [1.29, 1.82) is 0 Å². The Bertz CT molecular complexity index is 1260. The van der Waals surface area contributed by atoms with Crippen LogP contribution in [0.25, 0.3) is 0 Å². The van der Waals surface area contributed by atoms with Crippen molar-refractivity contribution in [3.05, 3.63) is 84.3 Å². The largest absolute Gasteiger partial charge is 0.468 e. The van der Waals surface area contributed by atoms with E-state index in [1.54, 1.807) is 12.1 Å². The van der Waals surface area contributed by atoms with E-state index in [-0.39, 0.29) is 28.9 Å². The van der Waals surface area contributed by atoms with Crippen LogP contribution < -0.4 is 0 Å². The first-order valence-electron chi connectivity index (χ1n) is 11.0. The van der Waals surface area contributed by atoms with Crippen molar-refractivity contribution in [3.63, 3.8) is 0 Å². The first-order chi connectivity index (χ1) is 15.8. The fourth-order valence-corrected chi connectivity index (χ4v) is 7.18. The van der Waals surface area contributed by atoms with Crippen LogP contribution >= 0.6 is 0 Å². The number of furan rings is 1. The molecular weight excluding hydrogens is 460 g/mol. The molecule has 2 heterocycles. The second-order valence-electron chi connectivity index (χ2n) is 8.27. The molecule has 1 aliphatic heterocycles. The molecule has 2 aromatic carbocycles. The highest BCUT2D eigenvalue weighted by molar-refractivity contribution is 7.89. The summed E-state index contributed by atoms with van der Waals surface area (Å²) >= 11 is 0. The van der Waals surface area contributed by atoms with Crippen LogP contribution in [0.1, 0.15) is 37.5 Å².